The lowest BCUT2D eigenvalue weighted by molar-refractivity contribution is 0.690. The molecule has 0 aromatic rings. The van der Waals surface area contributed by atoms with Crippen molar-refractivity contribution in [3.63, 3.8) is 0 Å². The van der Waals surface area contributed by atoms with E-state index in [4.69, 9.17) is 0 Å². The van der Waals surface area contributed by atoms with Crippen LogP contribution in [0, 0.1) is 0 Å². The van der Waals surface area contributed by atoms with Crippen LogP contribution in [0.5, 0.6) is 0 Å². The van der Waals surface area contributed by atoms with Gasteiger partial charge in [0.25, 0.3) is 0 Å². The Morgan fingerprint density at radius 1 is 1.62 bits per heavy atom. The van der Waals surface area contributed by atoms with Gasteiger partial charge in [0.05, 0.1) is 0 Å². The highest BCUT2D eigenvalue weighted by Gasteiger charge is 2.10. The molecule has 0 heterocycles. The van der Waals surface area contributed by atoms with Gasteiger partial charge in [-0.05, 0) is 52.1 Å². The van der Waals surface area contributed by atoms with Gasteiger partial charge in [-0.25, -0.2) is 4.36 Å². The highest BCUT2D eigenvalue weighted by Crippen LogP contribution is 2.27. The molecule has 0 radical (unpaired) electrons. The number of nitrogens with zero attached hydrogens (tertiary/aromatic N) is 1. The van der Waals surface area contributed by atoms with Crippen LogP contribution in [-0.2, 0) is 10.6 Å². The molecule has 0 aliphatic rings. The maximum atomic E-state index is 10.4. The van der Waals surface area contributed by atoms with Gasteiger partial charge in [0.2, 0.25) is 0 Å². The smallest absolute Gasteiger partial charge is 0.168 e. The second kappa shape index (κ2) is 3.55. The third kappa shape index (κ3) is 7.41. The van der Waals surface area contributed by atoms with Gasteiger partial charge >= 0.3 is 0 Å². The van der Waals surface area contributed by atoms with E-state index in [1.807, 2.05) is 6.92 Å². The predicted octanol–water partition coefficient (Wildman–Crippen LogP) is 1.82. The summed E-state index contributed by atoms with van der Waals surface area (Å²) in [5, 5.41) is 0. The topological polar surface area (TPSA) is 29.4 Å². The number of hydrogen-bond donors (Lipinski definition) is 1. The fourth-order valence-corrected chi connectivity index (χ4v) is 2.56. The van der Waals surface area contributed by atoms with E-state index in [2.05, 4.69) is 49.5 Å². The maximum Gasteiger partial charge on any atom is 0.168 e. The maximum absolute atomic E-state index is 10.4. The number of halogens is 2. The summed E-state index contributed by atoms with van der Waals surface area (Å²) in [7, 11) is -1.33. The number of thiol groups is 1. The summed E-state index contributed by atoms with van der Waals surface area (Å²) in [6, 6.07) is 0. The largest absolute Gasteiger partial charge is 0.253 e. The first-order valence-electron chi connectivity index (χ1n) is 1.93. The van der Waals surface area contributed by atoms with Crippen molar-refractivity contribution in [3.8, 4) is 0 Å². The van der Waals surface area contributed by atoms with E-state index in [1.165, 1.54) is 0 Å². The highest BCUT2D eigenvalue weighted by molar-refractivity contribution is 14.2. The Labute approximate surface area is 78.3 Å². The van der Waals surface area contributed by atoms with Gasteiger partial charge in [-0.1, -0.05) is 0 Å². The van der Waals surface area contributed by atoms with Crippen LogP contribution in [0.4, 0.5) is 0 Å². The third-order valence-corrected chi connectivity index (χ3v) is 2.24. The second-order valence-corrected chi connectivity index (χ2v) is 8.80. The lowest BCUT2D eigenvalue weighted by Crippen LogP contribution is -1.97. The van der Waals surface area contributed by atoms with Crippen molar-refractivity contribution in [2.45, 2.75) is 8.48 Å². The van der Waals surface area contributed by atoms with E-state index in [0.717, 1.165) is 0 Å². The molecule has 0 aliphatic carbocycles. The molecule has 1 unspecified atom stereocenters. The first kappa shape index (κ1) is 9.41. The van der Waals surface area contributed by atoms with E-state index < -0.39 is 10.6 Å². The molecule has 0 spiro atoms. The summed E-state index contributed by atoms with van der Waals surface area (Å²) < 4.78 is 14.1. The van der Waals surface area contributed by atoms with Crippen molar-refractivity contribution < 1.29 is 4.21 Å². The van der Waals surface area contributed by atoms with Gasteiger partial charge in [0.15, 0.2) is 1.55 Å². The normalized spacial score (nSPS) is 16.5. The Morgan fingerprint density at radius 2 is 2.00 bits per heavy atom. The van der Waals surface area contributed by atoms with E-state index in [1.54, 1.807) is 6.26 Å². The summed E-state index contributed by atoms with van der Waals surface area (Å²) in [6.45, 7) is 1.91. The SMILES string of the molecule is C[SH](=O)=NC(C)(I)I. The average Bonchev–Trinajstić information content (AvgIpc) is 1.21. The minimum atomic E-state index is -1.33. The Balaban J connectivity index is 4.10. The van der Waals surface area contributed by atoms with Crippen molar-refractivity contribution >= 4 is 55.8 Å². The van der Waals surface area contributed by atoms with Crippen molar-refractivity contribution in [2.24, 2.45) is 4.36 Å². The molecule has 0 rings (SSSR count). The van der Waals surface area contributed by atoms with Crippen molar-refractivity contribution in [1.29, 1.82) is 0 Å². The molecule has 0 amide bonds. The van der Waals surface area contributed by atoms with E-state index in [-0.39, 0.29) is 1.55 Å². The number of rotatable bonds is 1. The summed E-state index contributed by atoms with van der Waals surface area (Å²) in [5.41, 5.74) is 0. The monoisotopic (exact) mass is 359 g/mol. The molecule has 2 nitrogen and oxygen atoms in total. The summed E-state index contributed by atoms with van der Waals surface area (Å²) in [5.74, 6) is 0. The fraction of sp³-hybridized carbons (Fsp3) is 1.00. The Kier molecular flexibility index (Phi) is 4.17. The molecular formula is C3H7I2NOS. The first-order valence-corrected chi connectivity index (χ1v) is 5.75. The van der Waals surface area contributed by atoms with Crippen molar-refractivity contribution in [2.75, 3.05) is 6.26 Å². The van der Waals surface area contributed by atoms with Crippen LogP contribution in [-0.4, -0.2) is 12.0 Å². The first-order chi connectivity index (χ1) is 3.42. The van der Waals surface area contributed by atoms with Gasteiger partial charge in [-0.15, -0.1) is 0 Å². The zero-order valence-corrected chi connectivity index (χ0v) is 9.77. The van der Waals surface area contributed by atoms with Crippen LogP contribution in [0.15, 0.2) is 4.36 Å². The second-order valence-electron chi connectivity index (χ2n) is 1.41. The van der Waals surface area contributed by atoms with Gasteiger partial charge in [0.1, 0.15) is 0 Å². The molecule has 5 heteroatoms. The fourth-order valence-electron chi connectivity index (χ4n) is 0.247. The standard InChI is InChI=1S/C3H7I2NOS/c1-3(4,5)6-8(2)7/h8H,1-2H3. The minimum Gasteiger partial charge on any atom is -0.253 e. The minimum absolute atomic E-state index is 0.197. The molecule has 0 saturated heterocycles. The molecule has 0 bridgehead atoms. The van der Waals surface area contributed by atoms with Crippen molar-refractivity contribution in [3.05, 3.63) is 0 Å². The molecular weight excluding hydrogens is 352 g/mol. The Bertz CT molecular complexity index is 144. The molecule has 1 atom stereocenters. The molecule has 8 heavy (non-hydrogen) atoms. The summed E-state index contributed by atoms with van der Waals surface area (Å²) >= 11 is 4.26. The lowest BCUT2D eigenvalue weighted by atomic mass is 10.8. The van der Waals surface area contributed by atoms with Crippen LogP contribution in [0.25, 0.3) is 0 Å². The third-order valence-electron chi connectivity index (χ3n) is 0.316. The van der Waals surface area contributed by atoms with E-state index in [0.29, 0.717) is 0 Å². The van der Waals surface area contributed by atoms with Gasteiger partial charge in [0, 0.05) is 16.9 Å². The zero-order chi connectivity index (χ0) is 6.78. The predicted molar refractivity (Wildman–Crippen MR) is 54.3 cm³/mol. The average molecular weight is 359 g/mol. The lowest BCUT2D eigenvalue weighted by Gasteiger charge is -2.03. The molecule has 0 saturated carbocycles. The summed E-state index contributed by atoms with van der Waals surface area (Å²) in [6.07, 6.45) is 1.60. The molecule has 50 valence electrons. The zero-order valence-electron chi connectivity index (χ0n) is 4.56. The molecule has 0 aromatic carbocycles. The van der Waals surface area contributed by atoms with Gasteiger partial charge in [-0.3, -0.25) is 4.21 Å². The number of hydrogen-bond acceptors (Lipinski definition) is 2. The summed E-state index contributed by atoms with van der Waals surface area (Å²) in [4.78, 5) is 0. The van der Waals surface area contributed by atoms with Crippen LogP contribution in [0.2, 0.25) is 0 Å². The van der Waals surface area contributed by atoms with Crippen LogP contribution in [0.1, 0.15) is 6.92 Å². The van der Waals surface area contributed by atoms with Crippen LogP contribution < -0.4 is 0 Å². The van der Waals surface area contributed by atoms with E-state index >= 15 is 0 Å². The molecule has 0 fully saturated rings. The van der Waals surface area contributed by atoms with Crippen LogP contribution >= 0.6 is 45.2 Å². The van der Waals surface area contributed by atoms with Crippen molar-refractivity contribution in [1.82, 2.24) is 0 Å². The van der Waals surface area contributed by atoms with Gasteiger partial charge in [-0.2, -0.15) is 0 Å². The Morgan fingerprint density at radius 3 is 2.00 bits per heavy atom. The number of alkyl halides is 2. The Hall–Kier alpha value is 1.41. The van der Waals surface area contributed by atoms with E-state index in [9.17, 15) is 4.21 Å². The molecule has 0 aromatic heterocycles. The highest BCUT2D eigenvalue weighted by atomic mass is 127. The quantitative estimate of drug-likeness (QED) is 0.329. The van der Waals surface area contributed by atoms with Crippen LogP contribution in [0.3, 0.4) is 0 Å². The molecule has 0 N–H and O–H groups in total. The molecule has 0 aliphatic heterocycles. The van der Waals surface area contributed by atoms with Gasteiger partial charge < -0.3 is 0 Å².